The van der Waals surface area contributed by atoms with E-state index in [-0.39, 0.29) is 11.5 Å². The molecule has 0 aromatic carbocycles. The Bertz CT molecular complexity index is 281. The van der Waals surface area contributed by atoms with Crippen molar-refractivity contribution in [2.45, 2.75) is 19.3 Å². The van der Waals surface area contributed by atoms with Crippen LogP contribution in [0.2, 0.25) is 0 Å². The quantitative estimate of drug-likeness (QED) is 0.308. The van der Waals surface area contributed by atoms with E-state index in [0.29, 0.717) is 6.05 Å². The normalized spacial score (nSPS) is 24.7. The average Bonchev–Trinajstić information content (AvgIpc) is 2.19. The summed E-state index contributed by atoms with van der Waals surface area (Å²) >= 11 is 0. The molecule has 0 amide bonds. The van der Waals surface area contributed by atoms with Gasteiger partial charge in [-0.05, 0) is 19.3 Å². The maximum Gasteiger partial charge on any atom is 0.337 e. The van der Waals surface area contributed by atoms with Crippen molar-refractivity contribution >= 4 is 5.97 Å². The summed E-state index contributed by atoms with van der Waals surface area (Å²) in [7, 11) is 1.28. The minimum atomic E-state index is -0.525. The predicted octanol–water partition coefficient (Wildman–Crippen LogP) is 1.96. The molecule has 1 atom stereocenters. The third-order valence-corrected chi connectivity index (χ3v) is 2.11. The smallest absolute Gasteiger partial charge is 0.337 e. The first-order valence-corrected chi connectivity index (χ1v) is 4.29. The average molecular weight is 183 g/mol. The summed E-state index contributed by atoms with van der Waals surface area (Å²) in [6.07, 6.45) is 4.88. The van der Waals surface area contributed by atoms with Gasteiger partial charge in [0.05, 0.1) is 20.3 Å². The van der Waals surface area contributed by atoms with Gasteiger partial charge in [0.1, 0.15) is 0 Å². The van der Waals surface area contributed by atoms with E-state index in [0.717, 1.165) is 25.5 Å². The summed E-state index contributed by atoms with van der Waals surface area (Å²) < 4.78 is 12.0. The minimum absolute atomic E-state index is 0.173. The molecule has 3 nitrogen and oxygen atoms in total. The standard InChI is InChI=1S/C10H14O3/c1-13-10(12)9(7-11)8-5-3-2-4-6-8/h3,5,7-8,11H,2,4,6H2,1H3/b9-7-/i3D. The Morgan fingerprint density at radius 1 is 1.85 bits per heavy atom. The van der Waals surface area contributed by atoms with Crippen LogP contribution in [0.4, 0.5) is 0 Å². The summed E-state index contributed by atoms with van der Waals surface area (Å²) in [5, 5.41) is 8.91. The van der Waals surface area contributed by atoms with Crippen LogP contribution in [0.25, 0.3) is 0 Å². The van der Waals surface area contributed by atoms with Crippen LogP contribution in [0.1, 0.15) is 20.6 Å². The number of methoxy groups -OCH3 is 1. The van der Waals surface area contributed by atoms with Crippen LogP contribution in [-0.4, -0.2) is 18.2 Å². The molecule has 0 aromatic heterocycles. The van der Waals surface area contributed by atoms with Crippen molar-refractivity contribution in [2.75, 3.05) is 7.11 Å². The second kappa shape index (κ2) is 4.70. The summed E-state index contributed by atoms with van der Waals surface area (Å²) in [5.41, 5.74) is 0.233. The van der Waals surface area contributed by atoms with Crippen molar-refractivity contribution < 1.29 is 16.0 Å². The molecule has 0 saturated heterocycles. The summed E-state index contributed by atoms with van der Waals surface area (Å²) in [6, 6.07) is 0.518. The Kier molecular flexibility index (Phi) is 3.02. The number of hydrogen-bond donors (Lipinski definition) is 1. The van der Waals surface area contributed by atoms with Gasteiger partial charge in [0.25, 0.3) is 0 Å². The SMILES string of the molecule is [2H]C1=CC(/C(=C/O)C(=O)OC)CCC1. The fourth-order valence-corrected chi connectivity index (χ4v) is 1.40. The first kappa shape index (κ1) is 8.35. The largest absolute Gasteiger partial charge is 0.515 e. The van der Waals surface area contributed by atoms with E-state index in [2.05, 4.69) is 4.74 Å². The predicted molar refractivity (Wildman–Crippen MR) is 49.2 cm³/mol. The van der Waals surface area contributed by atoms with Crippen LogP contribution in [0, 0.1) is 5.92 Å². The maximum absolute atomic E-state index is 11.2. The van der Waals surface area contributed by atoms with Crippen molar-refractivity contribution in [2.24, 2.45) is 5.92 Å². The molecule has 72 valence electrons. The fraction of sp³-hybridized carbons (Fsp3) is 0.500. The number of aliphatic hydroxyl groups is 1. The van der Waals surface area contributed by atoms with Crippen LogP contribution in [-0.2, 0) is 9.53 Å². The first-order chi connectivity index (χ1) is 6.69. The van der Waals surface area contributed by atoms with E-state index in [4.69, 9.17) is 6.48 Å². The highest BCUT2D eigenvalue weighted by atomic mass is 16.5. The number of hydrogen-bond acceptors (Lipinski definition) is 3. The molecule has 3 heteroatoms. The number of allylic oxidation sites excluding steroid dienone is 2. The van der Waals surface area contributed by atoms with Gasteiger partial charge in [-0.3, -0.25) is 0 Å². The second-order valence-electron chi connectivity index (χ2n) is 2.95. The number of carbonyl (C=O) groups is 1. The zero-order valence-corrected chi connectivity index (χ0v) is 7.62. The lowest BCUT2D eigenvalue weighted by Gasteiger charge is -2.16. The molecule has 0 saturated carbocycles. The van der Waals surface area contributed by atoms with E-state index < -0.39 is 5.97 Å². The summed E-state index contributed by atoms with van der Waals surface area (Å²) in [4.78, 5) is 11.2. The first-order valence-electron chi connectivity index (χ1n) is 4.79. The third kappa shape index (κ3) is 2.34. The maximum atomic E-state index is 11.2. The van der Waals surface area contributed by atoms with Crippen LogP contribution in [0.5, 0.6) is 0 Å². The molecule has 0 aliphatic heterocycles. The van der Waals surface area contributed by atoms with Crippen molar-refractivity contribution in [1.82, 2.24) is 0 Å². The molecule has 1 rings (SSSR count). The monoisotopic (exact) mass is 183 g/mol. The fourth-order valence-electron chi connectivity index (χ4n) is 1.40. The lowest BCUT2D eigenvalue weighted by atomic mass is 9.90. The Hall–Kier alpha value is -1.25. The molecule has 13 heavy (non-hydrogen) atoms. The minimum Gasteiger partial charge on any atom is -0.515 e. The van der Waals surface area contributed by atoms with Crippen molar-refractivity contribution in [3.05, 3.63) is 24.0 Å². The van der Waals surface area contributed by atoms with Gasteiger partial charge >= 0.3 is 5.97 Å². The summed E-state index contributed by atoms with van der Waals surface area (Å²) in [6.45, 7) is 0. The molecule has 1 unspecified atom stereocenters. The Labute approximate surface area is 79.1 Å². The molecule has 0 aromatic rings. The van der Waals surface area contributed by atoms with Crippen LogP contribution < -0.4 is 0 Å². The van der Waals surface area contributed by atoms with Gasteiger partial charge in [0.15, 0.2) is 0 Å². The van der Waals surface area contributed by atoms with E-state index in [1.165, 1.54) is 7.11 Å². The van der Waals surface area contributed by atoms with Gasteiger partial charge in [0.2, 0.25) is 0 Å². The zero-order valence-electron chi connectivity index (χ0n) is 8.62. The van der Waals surface area contributed by atoms with Gasteiger partial charge in [-0.25, -0.2) is 4.79 Å². The number of carbonyl (C=O) groups excluding carboxylic acids is 1. The van der Waals surface area contributed by atoms with E-state index in [9.17, 15) is 4.79 Å². The number of rotatable bonds is 2. The van der Waals surface area contributed by atoms with Crippen molar-refractivity contribution in [3.8, 4) is 0 Å². The molecule has 1 N–H and O–H groups in total. The molecule has 0 radical (unpaired) electrons. The van der Waals surface area contributed by atoms with Gasteiger partial charge in [0, 0.05) is 5.92 Å². The van der Waals surface area contributed by atoms with E-state index in [1.807, 2.05) is 0 Å². The topological polar surface area (TPSA) is 46.5 Å². The molecular formula is C10H14O3. The lowest BCUT2D eigenvalue weighted by Crippen LogP contribution is -2.14. The van der Waals surface area contributed by atoms with Gasteiger partial charge < -0.3 is 9.84 Å². The molecule has 0 spiro atoms. The van der Waals surface area contributed by atoms with Gasteiger partial charge in [-0.2, -0.15) is 0 Å². The highest BCUT2D eigenvalue weighted by molar-refractivity contribution is 5.89. The number of aliphatic hydroxyl groups excluding tert-OH is 1. The molecule has 0 bridgehead atoms. The zero-order chi connectivity index (χ0) is 10.6. The van der Waals surface area contributed by atoms with Crippen molar-refractivity contribution in [3.63, 3.8) is 0 Å². The van der Waals surface area contributed by atoms with Gasteiger partial charge in [-0.15, -0.1) is 0 Å². The Morgan fingerprint density at radius 3 is 3.15 bits per heavy atom. The Balaban J connectivity index is 2.80. The molecule has 0 fully saturated rings. The summed E-state index contributed by atoms with van der Waals surface area (Å²) in [5.74, 6) is -0.697. The second-order valence-corrected chi connectivity index (χ2v) is 2.95. The van der Waals surface area contributed by atoms with Gasteiger partial charge in [-0.1, -0.05) is 12.1 Å². The van der Waals surface area contributed by atoms with E-state index >= 15 is 0 Å². The van der Waals surface area contributed by atoms with Crippen LogP contribution >= 0.6 is 0 Å². The van der Waals surface area contributed by atoms with Crippen LogP contribution in [0.15, 0.2) is 24.0 Å². The lowest BCUT2D eigenvalue weighted by molar-refractivity contribution is -0.136. The molecule has 1 aliphatic carbocycles. The number of esters is 1. The Morgan fingerprint density at radius 2 is 2.62 bits per heavy atom. The number of ether oxygens (including phenoxy) is 1. The van der Waals surface area contributed by atoms with Crippen LogP contribution in [0.3, 0.4) is 0 Å². The molecular weight excluding hydrogens is 168 g/mol. The third-order valence-electron chi connectivity index (χ3n) is 2.11. The molecule has 0 heterocycles. The molecule has 1 aliphatic rings. The highest BCUT2D eigenvalue weighted by Crippen LogP contribution is 2.24. The van der Waals surface area contributed by atoms with Crippen molar-refractivity contribution in [1.29, 1.82) is 0 Å². The highest BCUT2D eigenvalue weighted by Gasteiger charge is 2.20. The van der Waals surface area contributed by atoms with E-state index in [1.54, 1.807) is 6.08 Å².